The van der Waals surface area contributed by atoms with Gasteiger partial charge in [-0.3, -0.25) is 24.1 Å². The number of imide groups is 1. The first-order valence-corrected chi connectivity index (χ1v) is 12.4. The molecule has 9 heteroatoms. The van der Waals surface area contributed by atoms with Crippen molar-refractivity contribution in [2.75, 3.05) is 13.1 Å². The van der Waals surface area contributed by atoms with E-state index in [0.29, 0.717) is 35.0 Å². The van der Waals surface area contributed by atoms with Crippen molar-refractivity contribution in [3.8, 4) is 0 Å². The lowest BCUT2D eigenvalue weighted by molar-refractivity contribution is -0.143. The van der Waals surface area contributed by atoms with E-state index in [4.69, 9.17) is 23.2 Å². The summed E-state index contributed by atoms with van der Waals surface area (Å²) in [4.78, 5) is 54.2. The van der Waals surface area contributed by atoms with Crippen LogP contribution < -0.4 is 5.32 Å². The van der Waals surface area contributed by atoms with Gasteiger partial charge in [-0.2, -0.15) is 0 Å². The Hall–Kier alpha value is -2.38. The number of rotatable bonds is 9. The summed E-state index contributed by atoms with van der Waals surface area (Å²) in [5.41, 5.74) is 0.647. The fourth-order valence-electron chi connectivity index (χ4n) is 4.31. The SMILES string of the molecule is CC(C)CNC(=O)C(C)N(Cc1ccc(Cl)cc1Cl)C(=O)CCN1C(=O)[C@H]2CC=CC[C@H]2C1=O. The molecular weight excluding hydrogens is 477 g/mol. The average Bonchev–Trinajstić information content (AvgIpc) is 3.04. The maximum absolute atomic E-state index is 13.3. The van der Waals surface area contributed by atoms with Crippen LogP contribution in [0.4, 0.5) is 0 Å². The molecule has 1 N–H and O–H groups in total. The summed E-state index contributed by atoms with van der Waals surface area (Å²) in [6, 6.07) is 4.21. The van der Waals surface area contributed by atoms with Crippen molar-refractivity contribution in [1.82, 2.24) is 15.1 Å². The molecule has 2 aliphatic rings. The Morgan fingerprint density at radius 2 is 1.71 bits per heavy atom. The molecule has 3 atom stereocenters. The fourth-order valence-corrected chi connectivity index (χ4v) is 4.78. The largest absolute Gasteiger partial charge is 0.354 e. The molecule has 7 nitrogen and oxygen atoms in total. The fraction of sp³-hybridized carbons (Fsp3) is 0.520. The van der Waals surface area contributed by atoms with Crippen LogP contribution in [-0.2, 0) is 25.7 Å². The lowest BCUT2D eigenvalue weighted by Crippen LogP contribution is -2.49. The second-order valence-corrected chi connectivity index (χ2v) is 10.1. The molecule has 1 aromatic carbocycles. The maximum Gasteiger partial charge on any atom is 0.242 e. The smallest absolute Gasteiger partial charge is 0.242 e. The minimum atomic E-state index is -0.769. The third-order valence-electron chi connectivity index (χ3n) is 6.36. The number of halogens is 2. The number of benzene rings is 1. The molecule has 0 saturated carbocycles. The highest BCUT2D eigenvalue weighted by Gasteiger charge is 2.47. The van der Waals surface area contributed by atoms with Gasteiger partial charge in [0.05, 0.1) is 11.8 Å². The number of amides is 4. The van der Waals surface area contributed by atoms with Crippen LogP contribution in [0.5, 0.6) is 0 Å². The summed E-state index contributed by atoms with van der Waals surface area (Å²) in [7, 11) is 0. The van der Waals surface area contributed by atoms with Crippen LogP contribution in [0.25, 0.3) is 0 Å². The molecule has 1 fully saturated rings. The maximum atomic E-state index is 13.3. The number of nitrogens with one attached hydrogen (secondary N) is 1. The van der Waals surface area contributed by atoms with Crippen molar-refractivity contribution >= 4 is 46.8 Å². The van der Waals surface area contributed by atoms with Crippen molar-refractivity contribution in [2.24, 2.45) is 17.8 Å². The molecule has 0 bridgehead atoms. The van der Waals surface area contributed by atoms with Crippen LogP contribution in [0.3, 0.4) is 0 Å². The first-order chi connectivity index (χ1) is 16.1. The number of likely N-dealkylation sites (tertiary alicyclic amines) is 1. The summed E-state index contributed by atoms with van der Waals surface area (Å²) in [6.45, 7) is 6.21. The number of carbonyl (C=O) groups excluding carboxylic acids is 4. The average molecular weight is 508 g/mol. The number of allylic oxidation sites excluding steroid dienone is 2. The third kappa shape index (κ3) is 5.99. The highest BCUT2D eigenvalue weighted by Crippen LogP contribution is 2.35. The minimum Gasteiger partial charge on any atom is -0.354 e. The van der Waals surface area contributed by atoms with E-state index in [1.807, 2.05) is 26.0 Å². The lowest BCUT2D eigenvalue weighted by Gasteiger charge is -2.30. The van der Waals surface area contributed by atoms with Gasteiger partial charge >= 0.3 is 0 Å². The topological polar surface area (TPSA) is 86.8 Å². The summed E-state index contributed by atoms with van der Waals surface area (Å²) in [5.74, 6) is -1.47. The molecule has 34 heavy (non-hydrogen) atoms. The zero-order valence-corrected chi connectivity index (χ0v) is 21.2. The molecule has 1 aliphatic heterocycles. The Kier molecular flexibility index (Phi) is 8.77. The molecule has 0 spiro atoms. The van der Waals surface area contributed by atoms with Crippen molar-refractivity contribution in [2.45, 2.75) is 52.6 Å². The second-order valence-electron chi connectivity index (χ2n) is 9.31. The molecule has 4 amide bonds. The van der Waals surface area contributed by atoms with E-state index >= 15 is 0 Å². The highest BCUT2D eigenvalue weighted by atomic mass is 35.5. The van der Waals surface area contributed by atoms with Crippen LogP contribution in [-0.4, -0.2) is 52.6 Å². The van der Waals surface area contributed by atoms with Gasteiger partial charge in [0.1, 0.15) is 6.04 Å². The van der Waals surface area contributed by atoms with Crippen LogP contribution in [0, 0.1) is 17.8 Å². The summed E-state index contributed by atoms with van der Waals surface area (Å²) < 4.78 is 0. The van der Waals surface area contributed by atoms with Gasteiger partial charge in [0, 0.05) is 36.1 Å². The molecule has 0 aromatic heterocycles. The van der Waals surface area contributed by atoms with Crippen LogP contribution in [0.1, 0.15) is 45.6 Å². The number of nitrogens with zero attached hydrogens (tertiary/aromatic N) is 2. The van der Waals surface area contributed by atoms with E-state index < -0.39 is 6.04 Å². The van der Waals surface area contributed by atoms with E-state index in [2.05, 4.69) is 5.32 Å². The Labute approximate surface area is 210 Å². The molecule has 0 radical (unpaired) electrons. The zero-order valence-electron chi connectivity index (χ0n) is 19.7. The van der Waals surface area contributed by atoms with Gasteiger partial charge in [-0.15, -0.1) is 0 Å². The molecule has 3 rings (SSSR count). The summed E-state index contributed by atoms with van der Waals surface area (Å²) in [6.07, 6.45) is 4.88. The van der Waals surface area contributed by atoms with Crippen molar-refractivity contribution in [1.29, 1.82) is 0 Å². The van der Waals surface area contributed by atoms with Gasteiger partial charge in [-0.05, 0) is 43.4 Å². The zero-order chi connectivity index (χ0) is 25.0. The molecule has 1 heterocycles. The first-order valence-electron chi connectivity index (χ1n) is 11.6. The van der Waals surface area contributed by atoms with Crippen LogP contribution in [0.15, 0.2) is 30.4 Å². The number of fused-ring (bicyclic) bond motifs is 1. The quantitative estimate of drug-likeness (QED) is 0.406. The van der Waals surface area contributed by atoms with Gasteiger partial charge in [0.15, 0.2) is 0 Å². The highest BCUT2D eigenvalue weighted by molar-refractivity contribution is 6.35. The van der Waals surface area contributed by atoms with Gasteiger partial charge < -0.3 is 10.2 Å². The summed E-state index contributed by atoms with van der Waals surface area (Å²) >= 11 is 12.3. The summed E-state index contributed by atoms with van der Waals surface area (Å²) in [5, 5.41) is 3.72. The predicted molar refractivity (Wildman–Crippen MR) is 131 cm³/mol. The Balaban J connectivity index is 1.73. The minimum absolute atomic E-state index is 0.00527. The predicted octanol–water partition coefficient (Wildman–Crippen LogP) is 3.82. The number of hydrogen-bond donors (Lipinski definition) is 1. The molecular formula is C25H31Cl2N3O4. The van der Waals surface area contributed by atoms with Gasteiger partial charge in [0.2, 0.25) is 23.6 Å². The van der Waals surface area contributed by atoms with Gasteiger partial charge in [-0.25, -0.2) is 0 Å². The second kappa shape index (κ2) is 11.4. The van der Waals surface area contributed by atoms with E-state index in [1.165, 1.54) is 9.80 Å². The third-order valence-corrected chi connectivity index (χ3v) is 6.94. The van der Waals surface area contributed by atoms with Crippen molar-refractivity contribution < 1.29 is 19.2 Å². The Morgan fingerprint density at radius 3 is 2.26 bits per heavy atom. The molecule has 1 unspecified atom stereocenters. The van der Waals surface area contributed by atoms with Crippen molar-refractivity contribution in [3.63, 3.8) is 0 Å². The Bertz CT molecular complexity index is 968. The van der Waals surface area contributed by atoms with E-state index in [-0.39, 0.29) is 60.9 Å². The number of hydrogen-bond acceptors (Lipinski definition) is 4. The molecule has 184 valence electrons. The number of carbonyl (C=O) groups is 4. The molecule has 1 aromatic rings. The van der Waals surface area contributed by atoms with Gasteiger partial charge in [0.25, 0.3) is 0 Å². The van der Waals surface area contributed by atoms with E-state index in [9.17, 15) is 19.2 Å². The Morgan fingerprint density at radius 1 is 1.09 bits per heavy atom. The normalized spacial score (nSPS) is 20.5. The first kappa shape index (κ1) is 26.2. The van der Waals surface area contributed by atoms with E-state index in [0.717, 1.165) is 0 Å². The van der Waals surface area contributed by atoms with Crippen LogP contribution >= 0.6 is 23.2 Å². The monoisotopic (exact) mass is 507 g/mol. The van der Waals surface area contributed by atoms with E-state index in [1.54, 1.807) is 25.1 Å². The molecule has 1 saturated heterocycles. The lowest BCUT2D eigenvalue weighted by atomic mass is 9.85. The van der Waals surface area contributed by atoms with Crippen molar-refractivity contribution in [3.05, 3.63) is 46.0 Å². The van der Waals surface area contributed by atoms with Crippen LogP contribution in [0.2, 0.25) is 10.0 Å². The van der Waals surface area contributed by atoms with Gasteiger partial charge in [-0.1, -0.05) is 55.3 Å². The standard InChI is InChI=1S/C25H31Cl2N3O4/c1-15(2)13-28-23(32)16(3)30(14-17-8-9-18(26)12-21(17)27)22(31)10-11-29-24(33)19-6-4-5-7-20(19)25(29)34/h4-5,8-9,12,15-16,19-20H,6-7,10-11,13-14H2,1-3H3,(H,28,32)/t16?,19-,20+. The molecule has 1 aliphatic carbocycles.